The Morgan fingerprint density at radius 3 is 2.80 bits per heavy atom. The molecule has 3 unspecified atom stereocenters. The predicted molar refractivity (Wildman–Crippen MR) is 61.8 cm³/mol. The van der Waals surface area contributed by atoms with Crippen molar-refractivity contribution in [2.24, 2.45) is 11.7 Å². The molecule has 88 valence electrons. The van der Waals surface area contributed by atoms with E-state index in [2.05, 4.69) is 11.8 Å². The molecule has 0 radical (unpaired) electrons. The monoisotopic (exact) mass is 212 g/mol. The maximum atomic E-state index is 5.95. The van der Waals surface area contributed by atoms with Crippen molar-refractivity contribution < 1.29 is 4.74 Å². The van der Waals surface area contributed by atoms with Crippen LogP contribution in [-0.2, 0) is 4.74 Å². The van der Waals surface area contributed by atoms with Crippen molar-refractivity contribution in [3.8, 4) is 0 Å². The summed E-state index contributed by atoms with van der Waals surface area (Å²) in [5.41, 5.74) is 5.95. The summed E-state index contributed by atoms with van der Waals surface area (Å²) in [6.07, 6.45) is 5.18. The Morgan fingerprint density at radius 1 is 1.40 bits per heavy atom. The maximum Gasteiger partial charge on any atom is 0.0509 e. The lowest BCUT2D eigenvalue weighted by molar-refractivity contribution is 0.00944. The highest BCUT2D eigenvalue weighted by Gasteiger charge is 2.33. The minimum absolute atomic E-state index is 0.558. The molecule has 0 saturated carbocycles. The zero-order valence-electron chi connectivity index (χ0n) is 9.82. The molecule has 2 fully saturated rings. The van der Waals surface area contributed by atoms with Gasteiger partial charge < -0.3 is 10.5 Å². The molecule has 3 atom stereocenters. The Balaban J connectivity index is 1.95. The number of hydrogen-bond acceptors (Lipinski definition) is 3. The molecule has 2 N–H and O–H groups in total. The second-order valence-electron chi connectivity index (χ2n) is 5.01. The van der Waals surface area contributed by atoms with Gasteiger partial charge >= 0.3 is 0 Å². The van der Waals surface area contributed by atoms with E-state index in [0.717, 1.165) is 25.8 Å². The van der Waals surface area contributed by atoms with E-state index in [4.69, 9.17) is 10.5 Å². The molecular formula is C12H24N2O. The Labute approximate surface area is 93.0 Å². The molecule has 15 heavy (non-hydrogen) atoms. The van der Waals surface area contributed by atoms with E-state index in [1.165, 1.54) is 32.2 Å². The fraction of sp³-hybridized carbons (Fsp3) is 1.00. The molecule has 2 rings (SSSR count). The van der Waals surface area contributed by atoms with Crippen LogP contribution in [0.25, 0.3) is 0 Å². The van der Waals surface area contributed by atoms with Crippen molar-refractivity contribution in [3.05, 3.63) is 0 Å². The van der Waals surface area contributed by atoms with E-state index in [9.17, 15) is 0 Å². The molecule has 0 aromatic heterocycles. The van der Waals surface area contributed by atoms with Crippen LogP contribution in [0, 0.1) is 5.92 Å². The van der Waals surface area contributed by atoms with Gasteiger partial charge in [0.1, 0.15) is 0 Å². The van der Waals surface area contributed by atoms with Crippen LogP contribution >= 0.6 is 0 Å². The molecule has 0 amide bonds. The highest BCUT2D eigenvalue weighted by Crippen LogP contribution is 2.27. The van der Waals surface area contributed by atoms with E-state index in [1.807, 2.05) is 0 Å². The van der Waals surface area contributed by atoms with Gasteiger partial charge in [-0.1, -0.05) is 0 Å². The van der Waals surface area contributed by atoms with Gasteiger partial charge in [-0.3, -0.25) is 4.90 Å². The van der Waals surface area contributed by atoms with Gasteiger partial charge in [0.15, 0.2) is 0 Å². The van der Waals surface area contributed by atoms with Gasteiger partial charge in [-0.15, -0.1) is 0 Å². The highest BCUT2D eigenvalue weighted by molar-refractivity contribution is 4.88. The highest BCUT2D eigenvalue weighted by atomic mass is 16.5. The minimum atomic E-state index is 0.558. The van der Waals surface area contributed by atoms with Crippen LogP contribution in [0.2, 0.25) is 0 Å². The molecule has 2 aliphatic heterocycles. The van der Waals surface area contributed by atoms with E-state index < -0.39 is 0 Å². The molecule has 2 aliphatic rings. The van der Waals surface area contributed by atoms with Crippen LogP contribution in [0.3, 0.4) is 0 Å². The maximum absolute atomic E-state index is 5.95. The van der Waals surface area contributed by atoms with Gasteiger partial charge in [-0.2, -0.15) is 0 Å². The summed E-state index contributed by atoms with van der Waals surface area (Å²) in [5, 5.41) is 0. The SMILES string of the molecule is CC1CCCN1C(CN)C1CCCOC1. The zero-order valence-corrected chi connectivity index (χ0v) is 9.82. The first-order valence-corrected chi connectivity index (χ1v) is 6.36. The predicted octanol–water partition coefficient (Wildman–Crippen LogP) is 1.22. The minimum Gasteiger partial charge on any atom is -0.381 e. The average molecular weight is 212 g/mol. The molecule has 0 bridgehead atoms. The number of likely N-dealkylation sites (tertiary alicyclic amines) is 1. The van der Waals surface area contributed by atoms with Gasteiger partial charge in [0, 0.05) is 25.2 Å². The van der Waals surface area contributed by atoms with Crippen LogP contribution in [0.5, 0.6) is 0 Å². The van der Waals surface area contributed by atoms with Crippen molar-refractivity contribution in [1.82, 2.24) is 4.90 Å². The van der Waals surface area contributed by atoms with E-state index >= 15 is 0 Å². The lowest BCUT2D eigenvalue weighted by Gasteiger charge is -2.38. The second kappa shape index (κ2) is 5.28. The third-order valence-corrected chi connectivity index (χ3v) is 4.01. The Bertz CT molecular complexity index is 192. The van der Waals surface area contributed by atoms with Crippen molar-refractivity contribution in [2.75, 3.05) is 26.3 Å². The van der Waals surface area contributed by atoms with Gasteiger partial charge in [-0.25, -0.2) is 0 Å². The number of nitrogens with two attached hydrogens (primary N) is 1. The van der Waals surface area contributed by atoms with Crippen molar-refractivity contribution in [1.29, 1.82) is 0 Å². The molecule has 0 spiro atoms. The standard InChI is InChI=1S/C12H24N2O/c1-10-4-2-6-14(10)12(8-13)11-5-3-7-15-9-11/h10-12H,2-9,13H2,1H3. The number of nitrogens with zero attached hydrogens (tertiary/aromatic N) is 1. The van der Waals surface area contributed by atoms with Gasteiger partial charge in [0.2, 0.25) is 0 Å². The molecule has 2 saturated heterocycles. The molecule has 0 aromatic rings. The number of ether oxygens (including phenoxy) is 1. The summed E-state index contributed by atoms with van der Waals surface area (Å²) < 4.78 is 5.58. The smallest absolute Gasteiger partial charge is 0.0509 e. The Morgan fingerprint density at radius 2 is 2.27 bits per heavy atom. The van der Waals surface area contributed by atoms with Crippen LogP contribution in [-0.4, -0.2) is 43.3 Å². The summed E-state index contributed by atoms with van der Waals surface area (Å²) in [7, 11) is 0. The lowest BCUT2D eigenvalue weighted by atomic mass is 9.92. The summed E-state index contributed by atoms with van der Waals surface area (Å²) in [4.78, 5) is 2.61. The normalized spacial score (nSPS) is 35.6. The number of rotatable bonds is 3. The molecule has 3 heteroatoms. The quantitative estimate of drug-likeness (QED) is 0.764. The third kappa shape index (κ3) is 2.52. The third-order valence-electron chi connectivity index (χ3n) is 4.01. The first kappa shape index (κ1) is 11.4. The number of hydrogen-bond donors (Lipinski definition) is 1. The Hall–Kier alpha value is -0.120. The van der Waals surface area contributed by atoms with E-state index in [1.54, 1.807) is 0 Å². The van der Waals surface area contributed by atoms with Crippen molar-refractivity contribution in [2.45, 2.75) is 44.7 Å². The first-order chi connectivity index (χ1) is 7.33. The van der Waals surface area contributed by atoms with Crippen LogP contribution in [0.15, 0.2) is 0 Å². The van der Waals surface area contributed by atoms with Crippen molar-refractivity contribution in [3.63, 3.8) is 0 Å². The summed E-state index contributed by atoms with van der Waals surface area (Å²) in [5.74, 6) is 0.671. The molecular weight excluding hydrogens is 188 g/mol. The summed E-state index contributed by atoms with van der Waals surface area (Å²) in [6, 6.07) is 1.28. The largest absolute Gasteiger partial charge is 0.381 e. The van der Waals surface area contributed by atoms with E-state index in [0.29, 0.717) is 12.0 Å². The van der Waals surface area contributed by atoms with E-state index in [-0.39, 0.29) is 0 Å². The van der Waals surface area contributed by atoms with Crippen LogP contribution in [0.1, 0.15) is 32.6 Å². The second-order valence-corrected chi connectivity index (χ2v) is 5.01. The van der Waals surface area contributed by atoms with Gasteiger partial charge in [-0.05, 0) is 45.1 Å². The Kier molecular flexibility index (Phi) is 4.00. The fourth-order valence-corrected chi connectivity index (χ4v) is 3.12. The van der Waals surface area contributed by atoms with Gasteiger partial charge in [0.05, 0.1) is 6.61 Å². The van der Waals surface area contributed by atoms with Crippen LogP contribution in [0.4, 0.5) is 0 Å². The van der Waals surface area contributed by atoms with Crippen LogP contribution < -0.4 is 5.73 Å². The fourth-order valence-electron chi connectivity index (χ4n) is 3.12. The molecule has 3 nitrogen and oxygen atoms in total. The molecule has 2 heterocycles. The topological polar surface area (TPSA) is 38.5 Å². The summed E-state index contributed by atoms with van der Waals surface area (Å²) >= 11 is 0. The summed E-state index contributed by atoms with van der Waals surface area (Å²) in [6.45, 7) is 6.23. The lowest BCUT2D eigenvalue weighted by Crippen LogP contribution is -2.49. The van der Waals surface area contributed by atoms with Gasteiger partial charge in [0.25, 0.3) is 0 Å². The first-order valence-electron chi connectivity index (χ1n) is 6.36. The molecule has 0 aliphatic carbocycles. The average Bonchev–Trinajstić information content (AvgIpc) is 2.68. The van der Waals surface area contributed by atoms with Crippen molar-refractivity contribution >= 4 is 0 Å². The molecule has 0 aromatic carbocycles. The zero-order chi connectivity index (χ0) is 10.7.